The van der Waals surface area contributed by atoms with Gasteiger partial charge in [-0.05, 0) is 30.3 Å². The number of aromatic nitrogens is 1. The largest absolute Gasteiger partial charge is 0.416 e. The van der Waals surface area contributed by atoms with Crippen molar-refractivity contribution in [3.8, 4) is 0 Å². The molecule has 0 saturated heterocycles. The second-order valence-electron chi connectivity index (χ2n) is 4.99. The number of anilines is 1. The third-order valence-electron chi connectivity index (χ3n) is 3.13. The van der Waals surface area contributed by atoms with Gasteiger partial charge in [-0.1, -0.05) is 17.7 Å². The van der Waals surface area contributed by atoms with E-state index >= 15 is 0 Å². The number of pyridine rings is 1. The summed E-state index contributed by atoms with van der Waals surface area (Å²) in [6.45, 7) is 0.859. The molecule has 1 aromatic carbocycles. The lowest BCUT2D eigenvalue weighted by Gasteiger charge is -2.12. The number of alkyl halides is 3. The minimum Gasteiger partial charge on any atom is -0.325 e. The minimum absolute atomic E-state index is 0.0535. The van der Waals surface area contributed by atoms with Crippen molar-refractivity contribution in [2.24, 2.45) is 0 Å². The molecule has 24 heavy (non-hydrogen) atoms. The number of benzene rings is 1. The molecule has 2 N–H and O–H groups in total. The SMILES string of the molecule is O=C(CCNCc1ccccn1)Nc1cc(C(F)(F)F)ccc1Cl. The topological polar surface area (TPSA) is 54.0 Å². The van der Waals surface area contributed by atoms with Gasteiger partial charge in [-0.2, -0.15) is 13.2 Å². The molecule has 4 nitrogen and oxygen atoms in total. The molecule has 0 unspecified atom stereocenters. The van der Waals surface area contributed by atoms with E-state index in [2.05, 4.69) is 15.6 Å². The van der Waals surface area contributed by atoms with Gasteiger partial charge in [0.25, 0.3) is 0 Å². The van der Waals surface area contributed by atoms with Crippen molar-refractivity contribution in [3.63, 3.8) is 0 Å². The van der Waals surface area contributed by atoms with Gasteiger partial charge >= 0.3 is 6.18 Å². The molecule has 2 aromatic rings. The molecule has 8 heteroatoms. The predicted octanol–water partition coefficient (Wildman–Crippen LogP) is 3.87. The van der Waals surface area contributed by atoms with Gasteiger partial charge in [0.15, 0.2) is 0 Å². The fourth-order valence-electron chi connectivity index (χ4n) is 1.93. The molecule has 0 atom stereocenters. The molecule has 128 valence electrons. The predicted molar refractivity (Wildman–Crippen MR) is 85.6 cm³/mol. The van der Waals surface area contributed by atoms with Crippen LogP contribution in [0.2, 0.25) is 5.02 Å². The van der Waals surface area contributed by atoms with Crippen LogP contribution in [0.15, 0.2) is 42.6 Å². The van der Waals surface area contributed by atoms with Gasteiger partial charge in [-0.25, -0.2) is 0 Å². The lowest BCUT2D eigenvalue weighted by atomic mass is 10.2. The Morgan fingerprint density at radius 1 is 1.21 bits per heavy atom. The lowest BCUT2D eigenvalue weighted by molar-refractivity contribution is -0.137. The Morgan fingerprint density at radius 2 is 2.00 bits per heavy atom. The monoisotopic (exact) mass is 357 g/mol. The molecule has 0 aliphatic rings. The fourth-order valence-corrected chi connectivity index (χ4v) is 2.10. The zero-order valence-corrected chi connectivity index (χ0v) is 13.3. The zero-order chi connectivity index (χ0) is 17.6. The summed E-state index contributed by atoms with van der Waals surface area (Å²) in [5.74, 6) is -0.426. The van der Waals surface area contributed by atoms with Crippen molar-refractivity contribution in [1.29, 1.82) is 0 Å². The average molecular weight is 358 g/mol. The van der Waals surface area contributed by atoms with Gasteiger partial charge in [0.2, 0.25) is 5.91 Å². The number of halogens is 4. The lowest BCUT2D eigenvalue weighted by Crippen LogP contribution is -2.22. The fraction of sp³-hybridized carbons (Fsp3) is 0.250. The summed E-state index contributed by atoms with van der Waals surface area (Å²) in [6.07, 6.45) is -2.73. The van der Waals surface area contributed by atoms with E-state index in [0.717, 1.165) is 23.9 Å². The van der Waals surface area contributed by atoms with E-state index in [0.29, 0.717) is 13.1 Å². The quantitative estimate of drug-likeness (QED) is 0.772. The van der Waals surface area contributed by atoms with Crippen molar-refractivity contribution >= 4 is 23.2 Å². The molecule has 0 aliphatic heterocycles. The summed E-state index contributed by atoms with van der Waals surface area (Å²) >= 11 is 5.83. The highest BCUT2D eigenvalue weighted by atomic mass is 35.5. The number of nitrogens with one attached hydrogen (secondary N) is 2. The highest BCUT2D eigenvalue weighted by Gasteiger charge is 2.31. The first kappa shape index (κ1) is 18.2. The van der Waals surface area contributed by atoms with E-state index in [1.807, 2.05) is 12.1 Å². The highest BCUT2D eigenvalue weighted by Crippen LogP contribution is 2.33. The Balaban J connectivity index is 1.84. The van der Waals surface area contributed by atoms with Gasteiger partial charge in [-0.15, -0.1) is 0 Å². The number of nitrogens with zero attached hydrogens (tertiary/aromatic N) is 1. The molecule has 2 rings (SSSR count). The molecule has 0 fully saturated rings. The molecule has 0 bridgehead atoms. The van der Waals surface area contributed by atoms with Crippen LogP contribution in [0.4, 0.5) is 18.9 Å². The minimum atomic E-state index is -4.49. The van der Waals surface area contributed by atoms with E-state index in [4.69, 9.17) is 11.6 Å². The molecule has 0 radical (unpaired) electrons. The summed E-state index contributed by atoms with van der Waals surface area (Å²) in [4.78, 5) is 16.0. The summed E-state index contributed by atoms with van der Waals surface area (Å²) < 4.78 is 38.0. The smallest absolute Gasteiger partial charge is 0.325 e. The van der Waals surface area contributed by atoms with E-state index < -0.39 is 17.6 Å². The van der Waals surface area contributed by atoms with Crippen molar-refractivity contribution in [2.45, 2.75) is 19.1 Å². The van der Waals surface area contributed by atoms with Crippen LogP contribution in [0.3, 0.4) is 0 Å². The van der Waals surface area contributed by atoms with Crippen molar-refractivity contribution in [1.82, 2.24) is 10.3 Å². The van der Waals surface area contributed by atoms with Gasteiger partial charge < -0.3 is 10.6 Å². The second-order valence-corrected chi connectivity index (χ2v) is 5.40. The van der Waals surface area contributed by atoms with E-state index in [-0.39, 0.29) is 17.1 Å². The maximum absolute atomic E-state index is 12.7. The Hall–Kier alpha value is -2.12. The Kier molecular flexibility index (Phi) is 6.16. The van der Waals surface area contributed by atoms with E-state index in [9.17, 15) is 18.0 Å². The first-order valence-corrected chi connectivity index (χ1v) is 7.51. The number of carbonyl (C=O) groups excluding carboxylic acids is 1. The third-order valence-corrected chi connectivity index (χ3v) is 3.46. The average Bonchev–Trinajstić information content (AvgIpc) is 2.53. The maximum atomic E-state index is 12.7. The molecule has 0 spiro atoms. The number of hydrogen-bond acceptors (Lipinski definition) is 3. The van der Waals surface area contributed by atoms with Crippen LogP contribution in [0.25, 0.3) is 0 Å². The van der Waals surface area contributed by atoms with Crippen LogP contribution < -0.4 is 10.6 Å². The molecule has 1 aromatic heterocycles. The standard InChI is InChI=1S/C16H15ClF3N3O/c17-13-5-4-11(16(18,19)20)9-14(13)23-15(24)6-8-21-10-12-3-1-2-7-22-12/h1-5,7,9,21H,6,8,10H2,(H,23,24). The van der Waals surface area contributed by atoms with Gasteiger partial charge in [0.05, 0.1) is 22.0 Å². The third kappa shape index (κ3) is 5.50. The van der Waals surface area contributed by atoms with Crippen LogP contribution in [0.5, 0.6) is 0 Å². The summed E-state index contributed by atoms with van der Waals surface area (Å²) in [5.41, 5.74) is -0.0875. The Morgan fingerprint density at radius 3 is 2.67 bits per heavy atom. The van der Waals surface area contributed by atoms with Crippen LogP contribution in [-0.4, -0.2) is 17.4 Å². The number of amides is 1. The van der Waals surface area contributed by atoms with Crippen LogP contribution in [0.1, 0.15) is 17.7 Å². The van der Waals surface area contributed by atoms with E-state index in [1.54, 1.807) is 12.3 Å². The van der Waals surface area contributed by atoms with Gasteiger partial charge in [0, 0.05) is 25.7 Å². The number of carbonyl (C=O) groups is 1. The highest BCUT2D eigenvalue weighted by molar-refractivity contribution is 6.33. The second kappa shape index (κ2) is 8.12. The van der Waals surface area contributed by atoms with Crippen molar-refractivity contribution < 1.29 is 18.0 Å². The molecule has 0 aliphatic carbocycles. The molecule has 1 amide bonds. The molecular formula is C16H15ClF3N3O. The Labute approximate surface area is 142 Å². The molecule has 0 saturated carbocycles. The summed E-state index contributed by atoms with van der Waals surface area (Å²) in [5, 5.41) is 5.48. The number of rotatable bonds is 6. The summed E-state index contributed by atoms with van der Waals surface area (Å²) in [7, 11) is 0. The zero-order valence-electron chi connectivity index (χ0n) is 12.5. The first-order chi connectivity index (χ1) is 11.4. The van der Waals surface area contributed by atoms with E-state index in [1.165, 1.54) is 0 Å². The maximum Gasteiger partial charge on any atom is 0.416 e. The normalized spacial score (nSPS) is 11.3. The first-order valence-electron chi connectivity index (χ1n) is 7.13. The van der Waals surface area contributed by atoms with Crippen molar-refractivity contribution in [3.05, 3.63) is 58.9 Å². The molecular weight excluding hydrogens is 343 g/mol. The molecule has 1 heterocycles. The number of hydrogen-bond donors (Lipinski definition) is 2. The Bertz CT molecular complexity index is 693. The van der Waals surface area contributed by atoms with Gasteiger partial charge in [-0.3, -0.25) is 9.78 Å². The van der Waals surface area contributed by atoms with Crippen molar-refractivity contribution in [2.75, 3.05) is 11.9 Å². The van der Waals surface area contributed by atoms with Crippen LogP contribution in [0, 0.1) is 0 Å². The van der Waals surface area contributed by atoms with Crippen LogP contribution >= 0.6 is 11.6 Å². The van der Waals surface area contributed by atoms with Crippen LogP contribution in [-0.2, 0) is 17.5 Å². The van der Waals surface area contributed by atoms with Gasteiger partial charge in [0.1, 0.15) is 0 Å². The summed E-state index contributed by atoms with van der Waals surface area (Å²) in [6, 6.07) is 8.30.